The van der Waals surface area contributed by atoms with Crippen molar-refractivity contribution in [1.82, 2.24) is 9.66 Å². The number of hydrogen-bond donors (Lipinski definition) is 0. The Balaban J connectivity index is 1.35. The van der Waals surface area contributed by atoms with Crippen molar-refractivity contribution in [3.05, 3.63) is 135 Å². The zero-order chi connectivity index (χ0) is 27.5. The van der Waals surface area contributed by atoms with Gasteiger partial charge < -0.3 is 9.47 Å². The first kappa shape index (κ1) is 25.5. The Kier molecular flexibility index (Phi) is 7.12. The first-order valence-corrected chi connectivity index (χ1v) is 13.5. The van der Waals surface area contributed by atoms with E-state index in [0.717, 1.165) is 27.5 Å². The summed E-state index contributed by atoms with van der Waals surface area (Å²) in [6.45, 7) is 0.377. The summed E-state index contributed by atoms with van der Waals surface area (Å²) >= 11 is 3.64. The van der Waals surface area contributed by atoms with Gasteiger partial charge in [0.2, 0.25) is 0 Å². The van der Waals surface area contributed by atoms with E-state index in [0.29, 0.717) is 39.3 Å². The van der Waals surface area contributed by atoms with Gasteiger partial charge in [0.05, 0.1) is 28.7 Å². The highest BCUT2D eigenvalue weighted by Gasteiger charge is 2.14. The number of para-hydroxylation sites is 1. The van der Waals surface area contributed by atoms with Gasteiger partial charge in [-0.2, -0.15) is 9.78 Å². The van der Waals surface area contributed by atoms with Crippen molar-refractivity contribution < 1.29 is 9.47 Å². The zero-order valence-corrected chi connectivity index (χ0v) is 23.2. The minimum absolute atomic E-state index is 0.248. The van der Waals surface area contributed by atoms with Crippen LogP contribution in [0.2, 0.25) is 0 Å². The Bertz CT molecular complexity index is 1930. The molecule has 40 heavy (non-hydrogen) atoms. The van der Waals surface area contributed by atoms with Gasteiger partial charge in [-0.15, -0.1) is 0 Å². The lowest BCUT2D eigenvalue weighted by Crippen LogP contribution is -2.20. The molecule has 0 amide bonds. The molecule has 6 rings (SSSR count). The van der Waals surface area contributed by atoms with Gasteiger partial charge in [-0.05, 0) is 62.1 Å². The van der Waals surface area contributed by atoms with Crippen LogP contribution in [0, 0.1) is 0 Å². The van der Waals surface area contributed by atoms with Crippen LogP contribution in [0.25, 0.3) is 33.1 Å². The first-order chi connectivity index (χ1) is 19.6. The Morgan fingerprint density at radius 2 is 1.60 bits per heavy atom. The van der Waals surface area contributed by atoms with E-state index in [1.54, 1.807) is 19.4 Å². The molecule has 1 aromatic heterocycles. The van der Waals surface area contributed by atoms with Crippen LogP contribution in [0.5, 0.6) is 11.5 Å². The van der Waals surface area contributed by atoms with Gasteiger partial charge in [0.25, 0.3) is 5.56 Å². The molecular formula is C33H24BrN3O3. The molecule has 0 aliphatic carbocycles. The van der Waals surface area contributed by atoms with Crippen molar-refractivity contribution in [1.29, 1.82) is 0 Å². The number of aromatic nitrogens is 2. The van der Waals surface area contributed by atoms with E-state index in [1.807, 2.05) is 78.9 Å². The molecule has 1 heterocycles. The third-order valence-electron chi connectivity index (χ3n) is 6.61. The summed E-state index contributed by atoms with van der Waals surface area (Å²) in [5.74, 6) is 1.59. The number of ether oxygens (including phenoxy) is 2. The molecule has 0 fully saturated rings. The van der Waals surface area contributed by atoms with Crippen LogP contribution in [-0.4, -0.2) is 23.0 Å². The number of benzene rings is 5. The van der Waals surface area contributed by atoms with E-state index in [1.165, 1.54) is 4.68 Å². The molecule has 0 N–H and O–H groups in total. The zero-order valence-electron chi connectivity index (χ0n) is 21.6. The number of methoxy groups -OCH3 is 1. The molecule has 6 aromatic rings. The average Bonchev–Trinajstić information content (AvgIpc) is 3.00. The molecule has 0 atom stereocenters. The van der Waals surface area contributed by atoms with Crippen molar-refractivity contribution in [2.24, 2.45) is 5.10 Å². The molecule has 5 aromatic carbocycles. The van der Waals surface area contributed by atoms with E-state index in [2.05, 4.69) is 45.3 Å². The van der Waals surface area contributed by atoms with Gasteiger partial charge in [0.1, 0.15) is 6.61 Å². The van der Waals surface area contributed by atoms with Crippen molar-refractivity contribution >= 4 is 43.8 Å². The minimum Gasteiger partial charge on any atom is -0.493 e. The summed E-state index contributed by atoms with van der Waals surface area (Å²) in [6.07, 6.45) is 1.62. The number of nitrogens with zero attached hydrogens (tertiary/aromatic N) is 3. The van der Waals surface area contributed by atoms with Gasteiger partial charge in [-0.25, -0.2) is 4.98 Å². The second-order valence-electron chi connectivity index (χ2n) is 9.14. The van der Waals surface area contributed by atoms with Crippen molar-refractivity contribution in [2.75, 3.05) is 7.11 Å². The monoisotopic (exact) mass is 589 g/mol. The normalized spacial score (nSPS) is 11.3. The van der Waals surface area contributed by atoms with Crippen molar-refractivity contribution in [3.8, 4) is 22.9 Å². The fourth-order valence-electron chi connectivity index (χ4n) is 4.65. The molecule has 196 valence electrons. The number of hydrogen-bond acceptors (Lipinski definition) is 5. The number of rotatable bonds is 7. The van der Waals surface area contributed by atoms with Crippen LogP contribution < -0.4 is 15.0 Å². The maximum atomic E-state index is 13.5. The molecule has 0 unspecified atom stereocenters. The smallest absolute Gasteiger partial charge is 0.282 e. The molecule has 0 saturated carbocycles. The van der Waals surface area contributed by atoms with Crippen LogP contribution in [0.1, 0.15) is 11.1 Å². The first-order valence-electron chi connectivity index (χ1n) is 12.7. The Morgan fingerprint density at radius 1 is 0.875 bits per heavy atom. The molecule has 0 aliphatic heterocycles. The van der Waals surface area contributed by atoms with Crippen LogP contribution in [0.4, 0.5) is 0 Å². The van der Waals surface area contributed by atoms with E-state index < -0.39 is 0 Å². The minimum atomic E-state index is -0.248. The fourth-order valence-corrected chi connectivity index (χ4v) is 5.23. The fraction of sp³-hybridized carbons (Fsp3) is 0.0606. The lowest BCUT2D eigenvalue weighted by molar-refractivity contribution is 0.283. The third kappa shape index (κ3) is 4.99. The standard InChI is InChI=1S/C33H24BrN3O3/c1-39-30-19-22(18-28(34)31(30)40-21-25-14-9-13-23-10-5-6-15-26(23)25)20-35-37-32(24-11-3-2-4-12-24)36-29-17-8-7-16-27(29)33(37)38/h2-20H,21H2,1H3. The van der Waals surface area contributed by atoms with Gasteiger partial charge in [-0.3, -0.25) is 4.79 Å². The maximum Gasteiger partial charge on any atom is 0.282 e. The summed E-state index contributed by atoms with van der Waals surface area (Å²) < 4.78 is 14.0. The maximum absolute atomic E-state index is 13.5. The number of fused-ring (bicyclic) bond motifs is 2. The predicted octanol–water partition coefficient (Wildman–Crippen LogP) is 7.45. The highest BCUT2D eigenvalue weighted by Crippen LogP contribution is 2.37. The van der Waals surface area contributed by atoms with E-state index >= 15 is 0 Å². The summed E-state index contributed by atoms with van der Waals surface area (Å²) in [6, 6.07) is 34.9. The molecule has 0 spiro atoms. The van der Waals surface area contributed by atoms with E-state index in [-0.39, 0.29) is 5.56 Å². The lowest BCUT2D eigenvalue weighted by atomic mass is 10.1. The molecule has 7 heteroatoms. The number of halogens is 1. The molecule has 6 nitrogen and oxygen atoms in total. The summed E-state index contributed by atoms with van der Waals surface area (Å²) in [4.78, 5) is 18.2. The lowest BCUT2D eigenvalue weighted by Gasteiger charge is -2.15. The van der Waals surface area contributed by atoms with Crippen LogP contribution in [0.3, 0.4) is 0 Å². The van der Waals surface area contributed by atoms with Crippen LogP contribution in [0.15, 0.2) is 124 Å². The van der Waals surface area contributed by atoms with Gasteiger partial charge in [-0.1, -0.05) is 84.9 Å². The van der Waals surface area contributed by atoms with Crippen LogP contribution >= 0.6 is 15.9 Å². The Hall–Kier alpha value is -4.75. The third-order valence-corrected chi connectivity index (χ3v) is 7.20. The largest absolute Gasteiger partial charge is 0.493 e. The van der Waals surface area contributed by atoms with Crippen molar-refractivity contribution in [2.45, 2.75) is 6.61 Å². The van der Waals surface area contributed by atoms with Gasteiger partial charge >= 0.3 is 0 Å². The summed E-state index contributed by atoms with van der Waals surface area (Å²) in [5.41, 5.74) is 2.96. The molecule has 0 aliphatic rings. The van der Waals surface area contributed by atoms with Crippen molar-refractivity contribution in [3.63, 3.8) is 0 Å². The van der Waals surface area contributed by atoms with E-state index in [9.17, 15) is 4.79 Å². The molecule has 0 radical (unpaired) electrons. The summed E-state index contributed by atoms with van der Waals surface area (Å²) in [7, 11) is 1.60. The topological polar surface area (TPSA) is 65.7 Å². The van der Waals surface area contributed by atoms with E-state index in [4.69, 9.17) is 14.5 Å². The highest BCUT2D eigenvalue weighted by molar-refractivity contribution is 9.10. The van der Waals surface area contributed by atoms with Gasteiger partial charge in [0, 0.05) is 5.56 Å². The Morgan fingerprint density at radius 3 is 2.42 bits per heavy atom. The highest BCUT2D eigenvalue weighted by atomic mass is 79.9. The van der Waals surface area contributed by atoms with Crippen LogP contribution in [-0.2, 0) is 6.61 Å². The predicted molar refractivity (Wildman–Crippen MR) is 163 cm³/mol. The van der Waals surface area contributed by atoms with Gasteiger partial charge in [0.15, 0.2) is 17.3 Å². The molecule has 0 saturated heterocycles. The average molecular weight is 590 g/mol. The molecule has 0 bridgehead atoms. The Labute approximate surface area is 239 Å². The molecular weight excluding hydrogens is 566 g/mol. The quantitative estimate of drug-likeness (QED) is 0.181. The second-order valence-corrected chi connectivity index (χ2v) is 10.00. The SMILES string of the molecule is COc1cc(C=Nn2c(-c3ccccc3)nc3ccccc3c2=O)cc(Br)c1OCc1cccc2ccccc12. The second kappa shape index (κ2) is 11.2. The summed E-state index contributed by atoms with van der Waals surface area (Å²) in [5, 5.41) is 7.38.